The van der Waals surface area contributed by atoms with Crippen molar-refractivity contribution < 1.29 is 19.0 Å². The van der Waals surface area contributed by atoms with Gasteiger partial charge in [0.25, 0.3) is 0 Å². The average molecular weight is 323 g/mol. The molecule has 0 aromatic carbocycles. The first-order chi connectivity index (χ1) is 11.0. The maximum absolute atomic E-state index is 13.9. The minimum absolute atomic E-state index is 0.0550. The molecule has 0 aliphatic carbocycles. The Kier molecular flexibility index (Phi) is 4.77. The van der Waals surface area contributed by atoms with Gasteiger partial charge in [0, 0.05) is 38.3 Å². The Hall–Kier alpha value is -1.73. The summed E-state index contributed by atoms with van der Waals surface area (Å²) in [6.07, 6.45) is -0.833. The van der Waals surface area contributed by atoms with Crippen molar-refractivity contribution in [2.45, 2.75) is 32.1 Å². The van der Waals surface area contributed by atoms with Gasteiger partial charge in [0.2, 0.25) is 5.91 Å². The molecule has 2 aliphatic heterocycles. The number of ether oxygens (including phenoxy) is 1. The fourth-order valence-electron chi connectivity index (χ4n) is 3.19. The molecule has 0 radical (unpaired) electrons. The van der Waals surface area contributed by atoms with Crippen LogP contribution >= 0.6 is 0 Å². The van der Waals surface area contributed by atoms with Crippen molar-refractivity contribution in [1.82, 2.24) is 14.8 Å². The largest absolute Gasteiger partial charge is 0.506 e. The molecule has 6 nitrogen and oxygen atoms in total. The highest BCUT2D eigenvalue weighted by molar-refractivity contribution is 5.82. The summed E-state index contributed by atoms with van der Waals surface area (Å²) in [5, 5.41) is 9.94. The van der Waals surface area contributed by atoms with Gasteiger partial charge in [-0.25, -0.2) is 4.39 Å². The lowest BCUT2D eigenvalue weighted by Gasteiger charge is -2.32. The molecular weight excluding hydrogens is 301 g/mol. The fourth-order valence-corrected chi connectivity index (χ4v) is 3.19. The molecule has 0 unspecified atom stereocenters. The van der Waals surface area contributed by atoms with E-state index >= 15 is 0 Å². The van der Waals surface area contributed by atoms with Crippen LogP contribution in [0.4, 0.5) is 4.39 Å². The van der Waals surface area contributed by atoms with Crippen LogP contribution in [0.2, 0.25) is 0 Å². The Morgan fingerprint density at radius 1 is 1.43 bits per heavy atom. The van der Waals surface area contributed by atoms with E-state index in [0.29, 0.717) is 32.0 Å². The highest BCUT2D eigenvalue weighted by Gasteiger charge is 2.39. The molecular formula is C16H22FN3O3. The Bertz CT molecular complexity index is 578. The quantitative estimate of drug-likeness (QED) is 0.894. The number of aryl methyl sites for hydroxylation is 1. The number of nitrogens with zero attached hydrogens (tertiary/aromatic N) is 3. The number of carbonyl (C=O) groups is 1. The van der Waals surface area contributed by atoms with Gasteiger partial charge in [-0.3, -0.25) is 14.7 Å². The Morgan fingerprint density at radius 3 is 2.91 bits per heavy atom. The lowest BCUT2D eigenvalue weighted by atomic mass is 10.1. The number of morpholine rings is 1. The van der Waals surface area contributed by atoms with Gasteiger partial charge in [0.15, 0.2) is 0 Å². The highest BCUT2D eigenvalue weighted by Crippen LogP contribution is 2.26. The van der Waals surface area contributed by atoms with E-state index in [0.717, 1.165) is 5.69 Å². The van der Waals surface area contributed by atoms with Gasteiger partial charge < -0.3 is 14.7 Å². The second kappa shape index (κ2) is 6.80. The SMILES string of the molecule is Cc1ccc(O)c(CN2C[C@H](F)C[C@H]2C(=O)N2CCOCC2)n1. The molecule has 126 valence electrons. The maximum atomic E-state index is 13.9. The molecule has 1 amide bonds. The summed E-state index contributed by atoms with van der Waals surface area (Å²) in [7, 11) is 0. The van der Waals surface area contributed by atoms with E-state index in [1.54, 1.807) is 21.9 Å². The van der Waals surface area contributed by atoms with E-state index in [1.165, 1.54) is 0 Å². The molecule has 7 heteroatoms. The third kappa shape index (κ3) is 3.61. The fraction of sp³-hybridized carbons (Fsp3) is 0.625. The molecule has 2 aliphatic rings. The van der Waals surface area contributed by atoms with Crippen molar-refractivity contribution >= 4 is 5.91 Å². The molecule has 1 aromatic rings. The molecule has 1 aromatic heterocycles. The number of aromatic hydroxyl groups is 1. The highest BCUT2D eigenvalue weighted by atomic mass is 19.1. The predicted molar refractivity (Wildman–Crippen MR) is 81.7 cm³/mol. The monoisotopic (exact) mass is 323 g/mol. The summed E-state index contributed by atoms with van der Waals surface area (Å²) in [6, 6.07) is 2.81. The van der Waals surface area contributed by atoms with Crippen LogP contribution in [0.1, 0.15) is 17.8 Å². The number of halogens is 1. The smallest absolute Gasteiger partial charge is 0.240 e. The van der Waals surface area contributed by atoms with Crippen LogP contribution in [0.25, 0.3) is 0 Å². The van der Waals surface area contributed by atoms with Crippen molar-refractivity contribution in [3.63, 3.8) is 0 Å². The third-order valence-corrected chi connectivity index (χ3v) is 4.40. The van der Waals surface area contributed by atoms with E-state index in [2.05, 4.69) is 4.98 Å². The van der Waals surface area contributed by atoms with Gasteiger partial charge >= 0.3 is 0 Å². The number of hydrogen-bond acceptors (Lipinski definition) is 5. The van der Waals surface area contributed by atoms with Crippen molar-refractivity contribution in [3.05, 3.63) is 23.5 Å². The Balaban J connectivity index is 1.74. The lowest BCUT2D eigenvalue weighted by molar-refractivity contribution is -0.140. The van der Waals surface area contributed by atoms with E-state index in [4.69, 9.17) is 4.74 Å². The number of aromatic nitrogens is 1. The molecule has 0 bridgehead atoms. The second-order valence-corrected chi connectivity index (χ2v) is 6.13. The van der Waals surface area contributed by atoms with E-state index < -0.39 is 12.2 Å². The molecule has 3 rings (SSSR count). The minimum atomic E-state index is -1.03. The zero-order valence-electron chi connectivity index (χ0n) is 13.2. The Morgan fingerprint density at radius 2 is 2.17 bits per heavy atom. The summed E-state index contributed by atoms with van der Waals surface area (Å²) in [5.74, 6) is 0.0241. The minimum Gasteiger partial charge on any atom is -0.506 e. The topological polar surface area (TPSA) is 65.9 Å². The summed E-state index contributed by atoms with van der Waals surface area (Å²) in [4.78, 5) is 20.5. The van der Waals surface area contributed by atoms with Gasteiger partial charge in [-0.2, -0.15) is 0 Å². The first-order valence-corrected chi connectivity index (χ1v) is 7.94. The number of rotatable bonds is 3. The number of alkyl halides is 1. The Labute approximate surface area is 134 Å². The number of pyridine rings is 1. The second-order valence-electron chi connectivity index (χ2n) is 6.13. The van der Waals surface area contributed by atoms with Crippen LogP contribution in [0.5, 0.6) is 5.75 Å². The van der Waals surface area contributed by atoms with Crippen molar-refractivity contribution in [3.8, 4) is 5.75 Å². The molecule has 1 N–H and O–H groups in total. The van der Waals surface area contributed by atoms with Crippen LogP contribution in [-0.4, -0.2) is 70.9 Å². The van der Waals surface area contributed by atoms with E-state index in [1.807, 2.05) is 6.92 Å². The summed E-state index contributed by atoms with van der Waals surface area (Å²) < 4.78 is 19.2. The van der Waals surface area contributed by atoms with Crippen LogP contribution in [0, 0.1) is 6.92 Å². The number of carbonyl (C=O) groups excluding carboxylic acids is 1. The van der Waals surface area contributed by atoms with Gasteiger partial charge in [0.05, 0.1) is 24.9 Å². The molecule has 2 atom stereocenters. The number of likely N-dealkylation sites (tertiary alicyclic amines) is 1. The van der Waals surface area contributed by atoms with Crippen LogP contribution in [0.3, 0.4) is 0 Å². The molecule has 23 heavy (non-hydrogen) atoms. The van der Waals surface area contributed by atoms with Gasteiger partial charge in [-0.05, 0) is 19.1 Å². The number of amides is 1. The predicted octanol–water partition coefficient (Wildman–Crippen LogP) is 0.867. The third-order valence-electron chi connectivity index (χ3n) is 4.40. The van der Waals surface area contributed by atoms with E-state index in [-0.39, 0.29) is 31.2 Å². The molecule has 2 saturated heterocycles. The average Bonchev–Trinajstić information content (AvgIpc) is 2.91. The van der Waals surface area contributed by atoms with E-state index in [9.17, 15) is 14.3 Å². The van der Waals surface area contributed by atoms with Crippen molar-refractivity contribution in [2.24, 2.45) is 0 Å². The summed E-state index contributed by atoms with van der Waals surface area (Å²) in [5.41, 5.74) is 1.27. The van der Waals surface area contributed by atoms with Gasteiger partial charge in [-0.1, -0.05) is 0 Å². The standard InChI is InChI=1S/C16H22FN3O3/c1-11-2-3-15(21)13(18-11)10-20-9-12(17)8-14(20)16(22)19-4-6-23-7-5-19/h2-3,12,14,21H,4-10H2,1H3/t12-,14+/m1/s1. The van der Waals surface area contributed by atoms with Gasteiger partial charge in [0.1, 0.15) is 11.9 Å². The lowest BCUT2D eigenvalue weighted by Crippen LogP contribution is -2.49. The molecule has 2 fully saturated rings. The molecule has 0 saturated carbocycles. The zero-order chi connectivity index (χ0) is 16.4. The van der Waals surface area contributed by atoms with Crippen LogP contribution in [-0.2, 0) is 16.1 Å². The molecule has 3 heterocycles. The van der Waals surface area contributed by atoms with Gasteiger partial charge in [-0.15, -0.1) is 0 Å². The van der Waals surface area contributed by atoms with Crippen LogP contribution in [0.15, 0.2) is 12.1 Å². The summed E-state index contributed by atoms with van der Waals surface area (Å²) in [6.45, 7) is 4.45. The van der Waals surface area contributed by atoms with Crippen molar-refractivity contribution in [2.75, 3.05) is 32.8 Å². The normalized spacial score (nSPS) is 25.7. The summed E-state index contributed by atoms with van der Waals surface area (Å²) >= 11 is 0. The first-order valence-electron chi connectivity index (χ1n) is 7.94. The first kappa shape index (κ1) is 16.1. The van der Waals surface area contributed by atoms with Crippen molar-refractivity contribution in [1.29, 1.82) is 0 Å². The zero-order valence-corrected chi connectivity index (χ0v) is 13.2. The van der Waals surface area contributed by atoms with Crippen LogP contribution < -0.4 is 0 Å². The number of hydrogen-bond donors (Lipinski definition) is 1. The maximum Gasteiger partial charge on any atom is 0.240 e. The molecule has 0 spiro atoms.